The zero-order valence-corrected chi connectivity index (χ0v) is 14.1. The van der Waals surface area contributed by atoms with Crippen molar-refractivity contribution in [1.82, 2.24) is 20.0 Å². The van der Waals surface area contributed by atoms with E-state index < -0.39 is 5.25 Å². The number of rotatable bonds is 4. The number of nitrogens with two attached hydrogens (primary N) is 1. The fourth-order valence-corrected chi connectivity index (χ4v) is 2.50. The molecule has 2 rings (SSSR count). The van der Waals surface area contributed by atoms with Crippen LogP contribution in [0.1, 0.15) is 39.3 Å². The van der Waals surface area contributed by atoms with Crippen molar-refractivity contribution < 1.29 is 9.32 Å². The topological polar surface area (TPSA) is 112 Å². The molecular formula is C13H20N6O2S. The van der Waals surface area contributed by atoms with Crippen molar-refractivity contribution in [3.05, 3.63) is 17.7 Å². The van der Waals surface area contributed by atoms with Gasteiger partial charge in [-0.05, 0) is 13.8 Å². The van der Waals surface area contributed by atoms with E-state index in [-0.39, 0.29) is 11.3 Å². The highest BCUT2D eigenvalue weighted by Crippen LogP contribution is 2.26. The minimum atomic E-state index is -0.406. The summed E-state index contributed by atoms with van der Waals surface area (Å²) in [6.07, 6.45) is 0. The standard InChI is InChI=1S/C13H20N6O2S/c1-7-6-9(18-21-7)15-10(20)8(2)22-12-17-16-11(19(12)14)13(3,4)5/h6,8H,14H2,1-5H3,(H,15,18,20). The van der Waals surface area contributed by atoms with Crippen molar-refractivity contribution in [3.8, 4) is 0 Å². The second-order valence-electron chi connectivity index (χ2n) is 6.00. The van der Waals surface area contributed by atoms with E-state index in [2.05, 4.69) is 20.7 Å². The zero-order valence-electron chi connectivity index (χ0n) is 13.2. The Balaban J connectivity index is 2.04. The number of carbonyl (C=O) groups is 1. The maximum atomic E-state index is 12.1. The molecule has 1 unspecified atom stereocenters. The smallest absolute Gasteiger partial charge is 0.238 e. The lowest BCUT2D eigenvalue weighted by Gasteiger charge is -2.17. The van der Waals surface area contributed by atoms with Gasteiger partial charge in [0.25, 0.3) is 0 Å². The molecule has 8 nitrogen and oxygen atoms in total. The summed E-state index contributed by atoms with van der Waals surface area (Å²) in [7, 11) is 0. The highest BCUT2D eigenvalue weighted by atomic mass is 32.2. The fraction of sp³-hybridized carbons (Fsp3) is 0.538. The van der Waals surface area contributed by atoms with E-state index in [0.717, 1.165) is 0 Å². The predicted octanol–water partition coefficient (Wildman–Crippen LogP) is 1.71. The third-order valence-corrected chi connectivity index (χ3v) is 3.92. The van der Waals surface area contributed by atoms with E-state index in [1.54, 1.807) is 19.9 Å². The lowest BCUT2D eigenvalue weighted by atomic mass is 9.96. The van der Waals surface area contributed by atoms with Gasteiger partial charge in [0.15, 0.2) is 11.6 Å². The Morgan fingerprint density at radius 2 is 2.14 bits per heavy atom. The Bertz CT molecular complexity index is 672. The molecule has 1 atom stereocenters. The molecule has 0 aliphatic heterocycles. The van der Waals surface area contributed by atoms with E-state index in [4.69, 9.17) is 10.4 Å². The Morgan fingerprint density at radius 1 is 1.45 bits per heavy atom. The first-order chi connectivity index (χ1) is 10.2. The van der Waals surface area contributed by atoms with Crippen LogP contribution in [0.2, 0.25) is 0 Å². The lowest BCUT2D eigenvalue weighted by Crippen LogP contribution is -2.26. The summed E-state index contributed by atoms with van der Waals surface area (Å²) < 4.78 is 6.33. The number of amides is 1. The first-order valence-electron chi connectivity index (χ1n) is 6.80. The van der Waals surface area contributed by atoms with Crippen molar-refractivity contribution in [2.24, 2.45) is 0 Å². The van der Waals surface area contributed by atoms with Gasteiger partial charge in [-0.1, -0.05) is 37.7 Å². The van der Waals surface area contributed by atoms with Gasteiger partial charge in [0, 0.05) is 11.5 Å². The van der Waals surface area contributed by atoms with Crippen LogP contribution >= 0.6 is 11.8 Å². The van der Waals surface area contributed by atoms with Crippen LogP contribution in [0.25, 0.3) is 0 Å². The van der Waals surface area contributed by atoms with E-state index >= 15 is 0 Å². The minimum absolute atomic E-state index is 0.210. The van der Waals surface area contributed by atoms with E-state index in [1.807, 2.05) is 20.8 Å². The summed E-state index contributed by atoms with van der Waals surface area (Å²) in [5.74, 6) is 7.48. The van der Waals surface area contributed by atoms with Gasteiger partial charge in [-0.3, -0.25) is 4.79 Å². The maximum absolute atomic E-state index is 12.1. The lowest BCUT2D eigenvalue weighted by molar-refractivity contribution is -0.115. The number of nitrogens with zero attached hydrogens (tertiary/aromatic N) is 4. The molecule has 0 aliphatic rings. The quantitative estimate of drug-likeness (QED) is 0.650. The molecule has 0 spiro atoms. The van der Waals surface area contributed by atoms with Gasteiger partial charge < -0.3 is 15.7 Å². The number of thioether (sulfide) groups is 1. The third kappa shape index (κ3) is 3.59. The highest BCUT2D eigenvalue weighted by molar-refractivity contribution is 8.00. The van der Waals surface area contributed by atoms with Gasteiger partial charge in [0.05, 0.1) is 5.25 Å². The van der Waals surface area contributed by atoms with Crippen LogP contribution < -0.4 is 11.2 Å². The van der Waals surface area contributed by atoms with Crippen molar-refractivity contribution >= 4 is 23.5 Å². The van der Waals surface area contributed by atoms with Crippen LogP contribution in [-0.4, -0.2) is 31.2 Å². The van der Waals surface area contributed by atoms with Crippen LogP contribution in [0.3, 0.4) is 0 Å². The Hall–Kier alpha value is -2.03. The number of nitrogen functional groups attached to an aromatic ring is 1. The summed E-state index contributed by atoms with van der Waals surface area (Å²) in [5.41, 5.74) is -0.218. The van der Waals surface area contributed by atoms with Crippen molar-refractivity contribution in [2.45, 2.75) is 50.4 Å². The number of carbonyl (C=O) groups excluding carboxylic acids is 1. The number of hydrogen-bond donors (Lipinski definition) is 2. The minimum Gasteiger partial charge on any atom is -0.360 e. The van der Waals surface area contributed by atoms with Crippen molar-refractivity contribution in [3.63, 3.8) is 0 Å². The summed E-state index contributed by atoms with van der Waals surface area (Å²) in [5, 5.41) is 14.6. The number of aryl methyl sites for hydroxylation is 1. The molecule has 2 aromatic heterocycles. The molecule has 2 heterocycles. The number of nitrogens with one attached hydrogen (secondary N) is 1. The third-order valence-electron chi connectivity index (χ3n) is 2.87. The maximum Gasteiger partial charge on any atom is 0.238 e. The van der Waals surface area contributed by atoms with Gasteiger partial charge in [0.2, 0.25) is 11.1 Å². The number of aromatic nitrogens is 4. The molecule has 120 valence electrons. The summed E-state index contributed by atoms with van der Waals surface area (Å²) >= 11 is 1.24. The number of hydrogen-bond acceptors (Lipinski definition) is 7. The molecule has 0 radical (unpaired) electrons. The second kappa shape index (κ2) is 5.99. The molecule has 0 aliphatic carbocycles. The molecule has 3 N–H and O–H groups in total. The molecular weight excluding hydrogens is 304 g/mol. The van der Waals surface area contributed by atoms with Crippen LogP contribution in [0.5, 0.6) is 0 Å². The Labute approximate surface area is 132 Å². The molecule has 0 saturated heterocycles. The first kappa shape index (κ1) is 16.3. The Kier molecular flexibility index (Phi) is 4.45. The van der Waals surface area contributed by atoms with E-state index in [1.165, 1.54) is 16.4 Å². The predicted molar refractivity (Wildman–Crippen MR) is 84.1 cm³/mol. The fourth-order valence-electron chi connectivity index (χ4n) is 1.73. The number of anilines is 1. The van der Waals surface area contributed by atoms with Crippen molar-refractivity contribution in [2.75, 3.05) is 11.2 Å². The largest absolute Gasteiger partial charge is 0.360 e. The van der Waals surface area contributed by atoms with E-state index in [0.29, 0.717) is 22.6 Å². The average Bonchev–Trinajstić information content (AvgIpc) is 2.96. The molecule has 0 saturated carbocycles. The molecule has 0 aromatic carbocycles. The Morgan fingerprint density at radius 3 is 2.64 bits per heavy atom. The zero-order chi connectivity index (χ0) is 16.5. The van der Waals surface area contributed by atoms with Crippen LogP contribution in [0.4, 0.5) is 5.82 Å². The van der Waals surface area contributed by atoms with Gasteiger partial charge in [-0.2, -0.15) is 0 Å². The highest BCUT2D eigenvalue weighted by Gasteiger charge is 2.25. The molecule has 0 fully saturated rings. The van der Waals surface area contributed by atoms with Gasteiger partial charge >= 0.3 is 0 Å². The molecule has 9 heteroatoms. The SMILES string of the molecule is Cc1cc(NC(=O)C(C)Sc2nnc(C(C)(C)C)n2N)no1. The van der Waals surface area contributed by atoms with Crippen LogP contribution in [0.15, 0.2) is 15.7 Å². The summed E-state index contributed by atoms with van der Waals surface area (Å²) in [6.45, 7) is 9.51. The second-order valence-corrected chi connectivity index (χ2v) is 7.31. The molecule has 1 amide bonds. The normalized spacial score (nSPS) is 13.1. The van der Waals surface area contributed by atoms with Gasteiger partial charge in [-0.15, -0.1) is 10.2 Å². The monoisotopic (exact) mass is 324 g/mol. The van der Waals surface area contributed by atoms with Crippen LogP contribution in [-0.2, 0) is 10.2 Å². The van der Waals surface area contributed by atoms with E-state index in [9.17, 15) is 4.79 Å². The molecule has 22 heavy (non-hydrogen) atoms. The van der Waals surface area contributed by atoms with Gasteiger partial charge in [-0.25, -0.2) is 4.68 Å². The van der Waals surface area contributed by atoms with Crippen molar-refractivity contribution in [1.29, 1.82) is 0 Å². The van der Waals surface area contributed by atoms with Gasteiger partial charge in [0.1, 0.15) is 5.76 Å². The molecule has 2 aromatic rings. The summed E-state index contributed by atoms with van der Waals surface area (Å²) in [6, 6.07) is 1.65. The summed E-state index contributed by atoms with van der Waals surface area (Å²) in [4.78, 5) is 12.1. The van der Waals surface area contributed by atoms with Crippen LogP contribution in [0, 0.1) is 6.92 Å². The molecule has 0 bridgehead atoms. The first-order valence-corrected chi connectivity index (χ1v) is 7.68. The average molecular weight is 324 g/mol.